The minimum absolute atomic E-state index is 0.0193. The van der Waals surface area contributed by atoms with Crippen LogP contribution in [0.5, 0.6) is 5.75 Å². The lowest BCUT2D eigenvalue weighted by molar-refractivity contribution is -0.145. The lowest BCUT2D eigenvalue weighted by atomic mass is 9.68. The normalized spacial score (nSPS) is 29.8. The molecule has 40 heavy (non-hydrogen) atoms. The van der Waals surface area contributed by atoms with Crippen LogP contribution in [0.15, 0.2) is 58.4 Å². The van der Waals surface area contributed by atoms with Crippen LogP contribution >= 0.6 is 23.1 Å². The van der Waals surface area contributed by atoms with E-state index in [-0.39, 0.29) is 58.8 Å². The lowest BCUT2D eigenvalue weighted by Gasteiger charge is -2.43. The predicted molar refractivity (Wildman–Crippen MR) is 146 cm³/mol. The molecule has 1 saturated heterocycles. The number of rotatable bonds is 6. The van der Waals surface area contributed by atoms with Crippen LogP contribution in [0.3, 0.4) is 0 Å². The van der Waals surface area contributed by atoms with Gasteiger partial charge < -0.3 is 14.5 Å². The summed E-state index contributed by atoms with van der Waals surface area (Å²) in [5, 5.41) is 0.860. The molecular weight excluding hydrogens is 555 g/mol. The number of hydrogen-bond donors (Lipinski definition) is 1. The summed E-state index contributed by atoms with van der Waals surface area (Å²) in [6.07, 6.45) is 0.765. The summed E-state index contributed by atoms with van der Waals surface area (Å²) < 4.78 is 24.3. The third-order valence-corrected chi connectivity index (χ3v) is 11.3. The first-order chi connectivity index (χ1) is 19.4. The number of anilines is 1. The number of imide groups is 1. The predicted octanol–water partition coefficient (Wildman–Crippen LogP) is 4.20. The molecule has 7 rings (SSSR count). The highest BCUT2D eigenvalue weighted by Gasteiger charge is 2.69. The van der Waals surface area contributed by atoms with Crippen LogP contribution in [-0.4, -0.2) is 41.2 Å². The molecule has 2 aromatic carbocycles. The van der Waals surface area contributed by atoms with Crippen molar-refractivity contribution in [2.24, 2.45) is 29.6 Å². The Morgan fingerprint density at radius 3 is 2.58 bits per heavy atom. The maximum absolute atomic E-state index is 13.8. The fourth-order valence-corrected chi connectivity index (χ4v) is 10.3. The Balaban J connectivity index is 1.25. The van der Waals surface area contributed by atoms with Crippen LogP contribution in [0.2, 0.25) is 0 Å². The number of carbonyl (C=O) groups is 3. The van der Waals surface area contributed by atoms with E-state index in [1.165, 1.54) is 40.5 Å². The highest BCUT2D eigenvalue weighted by Crippen LogP contribution is 2.68. The molecule has 3 heterocycles. The summed E-state index contributed by atoms with van der Waals surface area (Å²) in [5.74, 6) is -1.90. The number of halogens is 1. The Labute approximate surface area is 236 Å². The zero-order chi connectivity index (χ0) is 27.7. The summed E-state index contributed by atoms with van der Waals surface area (Å²) in [5.41, 5.74) is 1.33. The van der Waals surface area contributed by atoms with Crippen molar-refractivity contribution in [2.75, 3.05) is 18.1 Å². The molecular formula is C29H25FN2O6S2. The zero-order valence-electron chi connectivity index (χ0n) is 21.4. The number of thioether (sulfide) groups is 1. The molecule has 0 radical (unpaired) electrons. The third-order valence-electron chi connectivity index (χ3n) is 8.69. The largest absolute Gasteiger partial charge is 0.482 e. The van der Waals surface area contributed by atoms with Crippen LogP contribution in [0.4, 0.5) is 10.1 Å². The summed E-state index contributed by atoms with van der Waals surface area (Å²) in [7, 11) is 0. The number of H-pyrrole nitrogens is 1. The number of aromatic amines is 1. The number of amides is 2. The third kappa shape index (κ3) is 3.85. The molecule has 206 valence electrons. The van der Waals surface area contributed by atoms with Gasteiger partial charge in [0.1, 0.15) is 11.6 Å². The van der Waals surface area contributed by atoms with E-state index >= 15 is 0 Å². The maximum atomic E-state index is 13.8. The van der Waals surface area contributed by atoms with Gasteiger partial charge in [-0.3, -0.25) is 19.3 Å². The van der Waals surface area contributed by atoms with E-state index in [0.29, 0.717) is 11.4 Å². The SMILES string of the molecule is CCOC(=O)COc1cccc([C@@H]2c3sc(=O)[nH]c3S[C@@H]3[C@@H]4C[C@@H]([C@@H]5C(=O)N(c6ccc(F)cc6)C(=O)[C@@H]45)[C@H]23)c1. The van der Waals surface area contributed by atoms with Gasteiger partial charge in [0, 0.05) is 16.0 Å². The fourth-order valence-electron chi connectivity index (χ4n) is 7.38. The number of aromatic nitrogens is 1. The Kier molecular flexibility index (Phi) is 6.12. The van der Waals surface area contributed by atoms with Crippen LogP contribution in [0.1, 0.15) is 29.7 Å². The quantitative estimate of drug-likeness (QED) is 0.344. The number of thiazole rings is 1. The number of benzene rings is 2. The first-order valence-electron chi connectivity index (χ1n) is 13.3. The molecule has 11 heteroatoms. The number of nitrogens with zero attached hydrogens (tertiary/aromatic N) is 1. The summed E-state index contributed by atoms with van der Waals surface area (Å²) in [6, 6.07) is 13.0. The molecule has 4 aliphatic rings. The second kappa shape index (κ2) is 9.59. The van der Waals surface area contributed by atoms with Gasteiger partial charge in [-0.15, -0.1) is 11.8 Å². The van der Waals surface area contributed by atoms with Gasteiger partial charge in [0.2, 0.25) is 11.8 Å². The number of ether oxygens (including phenoxy) is 2. The fraction of sp³-hybridized carbons (Fsp3) is 0.379. The van der Waals surface area contributed by atoms with Gasteiger partial charge in [-0.2, -0.15) is 0 Å². The van der Waals surface area contributed by atoms with Crippen LogP contribution in [0.25, 0.3) is 0 Å². The molecule has 3 fully saturated rings. The highest BCUT2D eigenvalue weighted by molar-refractivity contribution is 8.00. The van der Waals surface area contributed by atoms with Crippen molar-refractivity contribution < 1.29 is 28.2 Å². The molecule has 2 saturated carbocycles. The summed E-state index contributed by atoms with van der Waals surface area (Å²) in [4.78, 5) is 56.8. The van der Waals surface area contributed by atoms with Crippen molar-refractivity contribution in [1.82, 2.24) is 4.98 Å². The Morgan fingerprint density at radius 2 is 1.82 bits per heavy atom. The van der Waals surface area contributed by atoms with Crippen molar-refractivity contribution in [3.8, 4) is 5.75 Å². The number of nitrogens with one attached hydrogen (secondary N) is 1. The van der Waals surface area contributed by atoms with E-state index < -0.39 is 23.6 Å². The van der Waals surface area contributed by atoms with E-state index in [2.05, 4.69) is 4.98 Å². The van der Waals surface area contributed by atoms with E-state index in [1.807, 2.05) is 18.2 Å². The first kappa shape index (κ1) is 25.5. The van der Waals surface area contributed by atoms with E-state index in [1.54, 1.807) is 24.8 Å². The van der Waals surface area contributed by atoms with Gasteiger partial charge in [0.05, 0.1) is 29.2 Å². The van der Waals surface area contributed by atoms with Gasteiger partial charge in [0.25, 0.3) is 0 Å². The van der Waals surface area contributed by atoms with E-state index in [0.717, 1.165) is 21.9 Å². The van der Waals surface area contributed by atoms with Gasteiger partial charge in [-0.1, -0.05) is 23.5 Å². The smallest absolute Gasteiger partial charge is 0.344 e. The average molecular weight is 581 g/mol. The topological polar surface area (TPSA) is 106 Å². The molecule has 1 aromatic heterocycles. The molecule has 1 N–H and O–H groups in total. The van der Waals surface area contributed by atoms with Crippen molar-refractivity contribution in [1.29, 1.82) is 0 Å². The van der Waals surface area contributed by atoms with E-state index in [9.17, 15) is 23.6 Å². The Bertz CT molecular complexity index is 1590. The van der Waals surface area contributed by atoms with Crippen molar-refractivity contribution in [3.63, 3.8) is 0 Å². The number of esters is 1. The minimum atomic E-state index is -0.456. The molecule has 7 atom stereocenters. The molecule has 2 aliphatic carbocycles. The number of hydrogen-bond acceptors (Lipinski definition) is 8. The molecule has 8 nitrogen and oxygen atoms in total. The molecule has 2 amide bonds. The van der Waals surface area contributed by atoms with Crippen molar-refractivity contribution >= 4 is 46.6 Å². The van der Waals surface area contributed by atoms with Crippen LogP contribution < -0.4 is 14.5 Å². The average Bonchev–Trinajstić information content (AvgIpc) is 3.67. The van der Waals surface area contributed by atoms with Gasteiger partial charge >= 0.3 is 10.8 Å². The van der Waals surface area contributed by atoms with Gasteiger partial charge in [-0.25, -0.2) is 9.18 Å². The van der Waals surface area contributed by atoms with Crippen LogP contribution in [-0.2, 0) is 19.1 Å². The summed E-state index contributed by atoms with van der Waals surface area (Å²) >= 11 is 2.80. The first-order valence-corrected chi connectivity index (χ1v) is 15.0. The highest BCUT2D eigenvalue weighted by atomic mass is 32.2. The Hall–Kier alpha value is -3.44. The summed E-state index contributed by atoms with van der Waals surface area (Å²) in [6.45, 7) is 1.79. The second-order valence-electron chi connectivity index (χ2n) is 10.6. The van der Waals surface area contributed by atoms with Crippen molar-refractivity contribution in [3.05, 3.63) is 74.5 Å². The molecule has 0 spiro atoms. The molecule has 2 bridgehead atoms. The van der Waals surface area contributed by atoms with Crippen molar-refractivity contribution in [2.45, 2.75) is 29.5 Å². The lowest BCUT2D eigenvalue weighted by Crippen LogP contribution is -2.42. The monoisotopic (exact) mass is 580 g/mol. The van der Waals surface area contributed by atoms with E-state index in [4.69, 9.17) is 9.47 Å². The van der Waals surface area contributed by atoms with Crippen LogP contribution in [0, 0.1) is 35.4 Å². The van der Waals surface area contributed by atoms with Gasteiger partial charge in [-0.05, 0) is 73.1 Å². The molecule has 3 aromatic rings. The molecule has 2 aliphatic heterocycles. The Morgan fingerprint density at radius 1 is 1.07 bits per heavy atom. The zero-order valence-corrected chi connectivity index (χ0v) is 23.0. The number of fused-ring (bicyclic) bond motifs is 9. The number of carbonyl (C=O) groups excluding carboxylic acids is 3. The minimum Gasteiger partial charge on any atom is -0.482 e. The standard InChI is InChI=1S/C29H25FN2O6S2/c1-2-37-19(33)12-38-16-5-3-4-13(10-16)20-21-17-11-18(24(21)39-26-25(20)40-29(36)31-26)23-22(17)27(34)32(28(23)35)15-8-6-14(30)7-9-15/h3-10,17-18,20-24H,2,11-12H2,1H3,(H,31,36)/t17-,18-,20+,21-,22+,23+,24-/m1/s1. The molecule has 0 unspecified atom stereocenters. The maximum Gasteiger partial charge on any atom is 0.344 e. The van der Waals surface area contributed by atoms with Gasteiger partial charge in [0.15, 0.2) is 6.61 Å². The second-order valence-corrected chi connectivity index (χ2v) is 12.8.